The monoisotopic (exact) mass is 380 g/mol. The lowest BCUT2D eigenvalue weighted by Crippen LogP contribution is -2.31. The first-order chi connectivity index (χ1) is 13.0. The number of halogens is 1. The molecule has 5 heteroatoms. The maximum atomic E-state index is 12.3. The van der Waals surface area contributed by atoms with Gasteiger partial charge in [0.05, 0.1) is 0 Å². The van der Waals surface area contributed by atoms with Gasteiger partial charge >= 0.3 is 0 Å². The topological polar surface area (TPSA) is 49.4 Å². The molecule has 2 amide bonds. The van der Waals surface area contributed by atoms with Crippen molar-refractivity contribution in [1.29, 1.82) is 0 Å². The van der Waals surface area contributed by atoms with E-state index in [-0.39, 0.29) is 18.2 Å². The SMILES string of the molecule is CN(Cc1ccc2ccccc2c1)C(=O)CCNC(=O)c1ccc(Cl)cc1. The van der Waals surface area contributed by atoms with Gasteiger partial charge in [0, 0.05) is 37.1 Å². The van der Waals surface area contributed by atoms with Crippen LogP contribution in [0.15, 0.2) is 66.7 Å². The highest BCUT2D eigenvalue weighted by Crippen LogP contribution is 2.16. The van der Waals surface area contributed by atoms with Crippen molar-refractivity contribution in [3.05, 3.63) is 82.9 Å². The lowest BCUT2D eigenvalue weighted by atomic mass is 10.1. The number of rotatable bonds is 6. The first kappa shape index (κ1) is 18.9. The van der Waals surface area contributed by atoms with E-state index in [2.05, 4.69) is 29.6 Å². The zero-order valence-corrected chi connectivity index (χ0v) is 15.9. The Labute approximate surface area is 163 Å². The molecule has 0 bridgehead atoms. The number of nitrogens with one attached hydrogen (secondary N) is 1. The molecule has 0 radical (unpaired) electrons. The van der Waals surface area contributed by atoms with Crippen molar-refractivity contribution < 1.29 is 9.59 Å². The molecule has 0 fully saturated rings. The maximum Gasteiger partial charge on any atom is 0.251 e. The molecule has 0 aliphatic rings. The minimum atomic E-state index is -0.211. The zero-order valence-electron chi connectivity index (χ0n) is 15.1. The lowest BCUT2D eigenvalue weighted by Gasteiger charge is -2.18. The van der Waals surface area contributed by atoms with Crippen molar-refractivity contribution in [2.45, 2.75) is 13.0 Å². The number of amides is 2. The van der Waals surface area contributed by atoms with Gasteiger partial charge in [-0.05, 0) is 46.7 Å². The second-order valence-corrected chi connectivity index (χ2v) is 6.88. The summed E-state index contributed by atoms with van der Waals surface area (Å²) < 4.78 is 0. The average Bonchev–Trinajstić information content (AvgIpc) is 2.68. The van der Waals surface area contributed by atoms with Gasteiger partial charge in [-0.3, -0.25) is 9.59 Å². The van der Waals surface area contributed by atoms with Gasteiger partial charge in [-0.15, -0.1) is 0 Å². The number of hydrogen-bond acceptors (Lipinski definition) is 2. The van der Waals surface area contributed by atoms with Crippen LogP contribution in [0.2, 0.25) is 5.02 Å². The maximum absolute atomic E-state index is 12.3. The molecule has 0 spiro atoms. The standard InChI is InChI=1S/C22H21ClN2O2/c1-25(15-16-6-7-17-4-2-3-5-19(17)14-16)21(26)12-13-24-22(27)18-8-10-20(23)11-9-18/h2-11,14H,12-13,15H2,1H3,(H,24,27). The Balaban J connectivity index is 1.49. The summed E-state index contributed by atoms with van der Waals surface area (Å²) in [6.07, 6.45) is 0.253. The summed E-state index contributed by atoms with van der Waals surface area (Å²) >= 11 is 5.81. The first-order valence-electron chi connectivity index (χ1n) is 8.78. The molecular formula is C22H21ClN2O2. The van der Waals surface area contributed by atoms with Crippen LogP contribution in [0.3, 0.4) is 0 Å². The molecule has 4 nitrogen and oxygen atoms in total. The van der Waals surface area contributed by atoms with Gasteiger partial charge < -0.3 is 10.2 Å². The number of hydrogen-bond donors (Lipinski definition) is 1. The Morgan fingerprint density at radius 2 is 1.67 bits per heavy atom. The van der Waals surface area contributed by atoms with Gasteiger partial charge in [-0.2, -0.15) is 0 Å². The predicted octanol–water partition coefficient (Wildman–Crippen LogP) is 4.27. The molecule has 1 N–H and O–H groups in total. The fourth-order valence-electron chi connectivity index (χ4n) is 2.88. The van der Waals surface area contributed by atoms with Gasteiger partial charge in [0.25, 0.3) is 5.91 Å². The van der Waals surface area contributed by atoms with Crippen LogP contribution in [0.1, 0.15) is 22.3 Å². The second kappa shape index (κ2) is 8.69. The molecule has 0 aliphatic carbocycles. The molecule has 0 unspecified atom stereocenters. The number of fused-ring (bicyclic) bond motifs is 1. The van der Waals surface area contributed by atoms with Crippen LogP contribution < -0.4 is 5.32 Å². The molecule has 3 aromatic carbocycles. The minimum Gasteiger partial charge on any atom is -0.352 e. The van der Waals surface area contributed by atoms with Crippen molar-refractivity contribution in [3.63, 3.8) is 0 Å². The molecule has 27 heavy (non-hydrogen) atoms. The van der Waals surface area contributed by atoms with E-state index in [4.69, 9.17) is 11.6 Å². The summed E-state index contributed by atoms with van der Waals surface area (Å²) in [4.78, 5) is 26.1. The van der Waals surface area contributed by atoms with E-state index in [0.29, 0.717) is 23.7 Å². The molecule has 0 atom stereocenters. The summed E-state index contributed by atoms with van der Waals surface area (Å²) in [6, 6.07) is 21.0. The van der Waals surface area contributed by atoms with Gasteiger partial charge in [0.1, 0.15) is 0 Å². The minimum absolute atomic E-state index is 0.0143. The lowest BCUT2D eigenvalue weighted by molar-refractivity contribution is -0.130. The molecule has 3 aromatic rings. The van der Waals surface area contributed by atoms with Crippen LogP contribution in [0.4, 0.5) is 0 Å². The van der Waals surface area contributed by atoms with E-state index in [0.717, 1.165) is 10.9 Å². The van der Waals surface area contributed by atoms with Gasteiger partial charge in [-0.25, -0.2) is 0 Å². The van der Waals surface area contributed by atoms with Crippen LogP contribution in [0.25, 0.3) is 10.8 Å². The highest BCUT2D eigenvalue weighted by atomic mass is 35.5. The second-order valence-electron chi connectivity index (χ2n) is 6.44. The summed E-state index contributed by atoms with van der Waals surface area (Å²) in [6.45, 7) is 0.831. The number of carbonyl (C=O) groups is 2. The fourth-order valence-corrected chi connectivity index (χ4v) is 3.00. The normalized spacial score (nSPS) is 10.6. The Morgan fingerprint density at radius 1 is 0.963 bits per heavy atom. The Morgan fingerprint density at radius 3 is 2.41 bits per heavy atom. The predicted molar refractivity (Wildman–Crippen MR) is 109 cm³/mol. The third-order valence-corrected chi connectivity index (χ3v) is 4.64. The number of benzene rings is 3. The first-order valence-corrected chi connectivity index (χ1v) is 9.16. The smallest absolute Gasteiger partial charge is 0.251 e. The third kappa shape index (κ3) is 5.08. The molecule has 3 rings (SSSR count). The van der Waals surface area contributed by atoms with Crippen molar-refractivity contribution in [3.8, 4) is 0 Å². The van der Waals surface area contributed by atoms with Crippen LogP contribution in [-0.2, 0) is 11.3 Å². The molecule has 0 aliphatic heterocycles. The number of carbonyl (C=O) groups excluding carboxylic acids is 2. The Bertz CT molecular complexity index is 954. The van der Waals surface area contributed by atoms with Gasteiger partial charge in [0.2, 0.25) is 5.91 Å². The Hall–Kier alpha value is -2.85. The molecule has 0 aromatic heterocycles. The summed E-state index contributed by atoms with van der Waals surface area (Å²) in [5.74, 6) is -0.226. The molecular weight excluding hydrogens is 360 g/mol. The summed E-state index contributed by atoms with van der Waals surface area (Å²) in [5, 5.41) is 5.68. The van der Waals surface area contributed by atoms with Gasteiger partial charge in [-0.1, -0.05) is 48.0 Å². The van der Waals surface area contributed by atoms with E-state index in [1.54, 1.807) is 36.2 Å². The van der Waals surface area contributed by atoms with E-state index in [1.165, 1.54) is 5.39 Å². The van der Waals surface area contributed by atoms with Gasteiger partial charge in [0.15, 0.2) is 0 Å². The van der Waals surface area contributed by atoms with E-state index >= 15 is 0 Å². The fraction of sp³-hybridized carbons (Fsp3) is 0.182. The highest BCUT2D eigenvalue weighted by molar-refractivity contribution is 6.30. The van der Waals surface area contributed by atoms with Crippen molar-refractivity contribution in [2.24, 2.45) is 0 Å². The molecule has 138 valence electrons. The molecule has 0 heterocycles. The van der Waals surface area contributed by atoms with Crippen LogP contribution in [0.5, 0.6) is 0 Å². The summed E-state index contributed by atoms with van der Waals surface area (Å²) in [7, 11) is 1.78. The summed E-state index contributed by atoms with van der Waals surface area (Å²) in [5.41, 5.74) is 1.60. The van der Waals surface area contributed by atoms with E-state index in [1.807, 2.05) is 18.2 Å². The van der Waals surface area contributed by atoms with Crippen LogP contribution in [-0.4, -0.2) is 30.3 Å². The molecule has 0 saturated carbocycles. The largest absolute Gasteiger partial charge is 0.352 e. The zero-order chi connectivity index (χ0) is 19.2. The molecule has 0 saturated heterocycles. The number of nitrogens with zero attached hydrogens (tertiary/aromatic N) is 1. The van der Waals surface area contributed by atoms with Crippen LogP contribution >= 0.6 is 11.6 Å². The van der Waals surface area contributed by atoms with Crippen molar-refractivity contribution in [2.75, 3.05) is 13.6 Å². The third-order valence-electron chi connectivity index (χ3n) is 4.39. The highest BCUT2D eigenvalue weighted by Gasteiger charge is 2.11. The Kier molecular flexibility index (Phi) is 6.09. The van der Waals surface area contributed by atoms with Crippen molar-refractivity contribution in [1.82, 2.24) is 10.2 Å². The quantitative estimate of drug-likeness (QED) is 0.694. The van der Waals surface area contributed by atoms with Crippen LogP contribution in [0, 0.1) is 0 Å². The van der Waals surface area contributed by atoms with E-state index < -0.39 is 0 Å². The van der Waals surface area contributed by atoms with E-state index in [9.17, 15) is 9.59 Å². The average molecular weight is 381 g/mol. The van der Waals surface area contributed by atoms with Crippen molar-refractivity contribution >= 4 is 34.2 Å².